The lowest BCUT2D eigenvalue weighted by atomic mass is 10.1. The first kappa shape index (κ1) is 21.8. The highest BCUT2D eigenvalue weighted by molar-refractivity contribution is 7.92. The van der Waals surface area contributed by atoms with Crippen molar-refractivity contribution in [1.29, 1.82) is 0 Å². The number of carbonyl (C=O) groups excluding carboxylic acids is 1. The summed E-state index contributed by atoms with van der Waals surface area (Å²) >= 11 is 6.15. The average Bonchev–Trinajstić information content (AvgIpc) is 3.30. The van der Waals surface area contributed by atoms with Crippen molar-refractivity contribution in [2.24, 2.45) is 0 Å². The number of halogens is 1. The van der Waals surface area contributed by atoms with Gasteiger partial charge in [-0.2, -0.15) is 0 Å². The van der Waals surface area contributed by atoms with Gasteiger partial charge < -0.3 is 15.0 Å². The second-order valence-electron chi connectivity index (χ2n) is 8.18. The van der Waals surface area contributed by atoms with E-state index >= 15 is 0 Å². The minimum atomic E-state index is -3.35. The van der Waals surface area contributed by atoms with Crippen LogP contribution < -0.4 is 19.3 Å². The molecule has 2 heterocycles. The molecule has 9 heteroatoms. The van der Waals surface area contributed by atoms with Gasteiger partial charge in [0.05, 0.1) is 24.7 Å². The molecule has 2 atom stereocenters. The van der Waals surface area contributed by atoms with Gasteiger partial charge in [0.15, 0.2) is 0 Å². The Kier molecular flexibility index (Phi) is 5.79. The summed E-state index contributed by atoms with van der Waals surface area (Å²) in [7, 11) is -1.72. The zero-order chi connectivity index (χ0) is 22.3. The maximum Gasteiger partial charge on any atom is 0.251 e. The van der Waals surface area contributed by atoms with Crippen LogP contribution in [-0.2, 0) is 16.4 Å². The Morgan fingerprint density at radius 2 is 1.97 bits per heavy atom. The van der Waals surface area contributed by atoms with E-state index in [2.05, 4.69) is 10.2 Å². The minimum absolute atomic E-state index is 0.00381. The number of hydrogen-bond acceptors (Lipinski definition) is 5. The van der Waals surface area contributed by atoms with Crippen LogP contribution in [0.25, 0.3) is 0 Å². The number of ether oxygens (including phenoxy) is 1. The molecule has 1 fully saturated rings. The Morgan fingerprint density at radius 1 is 1.19 bits per heavy atom. The molecule has 0 radical (unpaired) electrons. The van der Waals surface area contributed by atoms with Crippen LogP contribution in [0.1, 0.15) is 29.3 Å². The Morgan fingerprint density at radius 3 is 2.68 bits per heavy atom. The van der Waals surface area contributed by atoms with Crippen LogP contribution >= 0.6 is 11.6 Å². The Bertz CT molecular complexity index is 1120. The number of nitrogens with one attached hydrogen (secondary N) is 1. The van der Waals surface area contributed by atoms with Gasteiger partial charge in [-0.3, -0.25) is 9.10 Å². The number of methoxy groups -OCH3 is 1. The number of amides is 1. The van der Waals surface area contributed by atoms with E-state index < -0.39 is 10.0 Å². The Labute approximate surface area is 188 Å². The molecule has 2 aromatic rings. The van der Waals surface area contributed by atoms with Crippen LogP contribution in [0.15, 0.2) is 36.4 Å². The third kappa shape index (κ3) is 4.32. The third-order valence-electron chi connectivity index (χ3n) is 5.86. The number of hydrogen-bond donors (Lipinski definition) is 1. The fourth-order valence-electron chi connectivity index (χ4n) is 4.53. The zero-order valence-electron chi connectivity index (χ0n) is 17.8. The summed E-state index contributed by atoms with van der Waals surface area (Å²) in [6.45, 7) is 3.32. The molecule has 31 heavy (non-hydrogen) atoms. The van der Waals surface area contributed by atoms with Gasteiger partial charge in [-0.1, -0.05) is 11.6 Å². The molecule has 2 unspecified atom stereocenters. The number of rotatable bonds is 5. The molecule has 0 aromatic heterocycles. The number of carbonyl (C=O) groups is 1. The molecular formula is C22H26ClN3O4S. The first-order valence-corrected chi connectivity index (χ1v) is 12.4. The fourth-order valence-corrected chi connectivity index (χ4v) is 5.96. The molecule has 2 aliphatic heterocycles. The number of nitrogens with zero attached hydrogens (tertiary/aromatic N) is 2. The Hall–Kier alpha value is -2.45. The zero-order valence-corrected chi connectivity index (χ0v) is 19.3. The van der Waals surface area contributed by atoms with Crippen molar-refractivity contribution in [3.05, 3.63) is 52.5 Å². The summed E-state index contributed by atoms with van der Waals surface area (Å²) in [6.07, 6.45) is 2.61. The number of anilines is 2. The molecule has 0 spiro atoms. The highest BCUT2D eigenvalue weighted by Gasteiger charge is 2.33. The molecule has 4 rings (SSSR count). The van der Waals surface area contributed by atoms with E-state index in [0.29, 0.717) is 29.2 Å². The number of fused-ring (bicyclic) bond motifs is 1. The van der Waals surface area contributed by atoms with Gasteiger partial charge in [-0.25, -0.2) is 8.42 Å². The highest BCUT2D eigenvalue weighted by Crippen LogP contribution is 2.35. The van der Waals surface area contributed by atoms with Crippen molar-refractivity contribution in [3.8, 4) is 5.75 Å². The van der Waals surface area contributed by atoms with Crippen molar-refractivity contribution >= 4 is 38.9 Å². The molecule has 2 aromatic carbocycles. The average molecular weight is 464 g/mol. The van der Waals surface area contributed by atoms with Crippen molar-refractivity contribution in [1.82, 2.24) is 5.32 Å². The third-order valence-corrected chi connectivity index (χ3v) is 7.36. The van der Waals surface area contributed by atoms with E-state index in [9.17, 15) is 13.2 Å². The van der Waals surface area contributed by atoms with Gasteiger partial charge in [0.25, 0.3) is 5.91 Å². The summed E-state index contributed by atoms with van der Waals surface area (Å²) in [5.74, 6) is 0.595. The molecular weight excluding hydrogens is 438 g/mol. The van der Waals surface area contributed by atoms with Crippen molar-refractivity contribution in [2.75, 3.05) is 35.7 Å². The summed E-state index contributed by atoms with van der Waals surface area (Å²) in [6, 6.07) is 10.6. The van der Waals surface area contributed by atoms with Gasteiger partial charge in [0, 0.05) is 35.8 Å². The lowest BCUT2D eigenvalue weighted by molar-refractivity contribution is 0.0940. The molecule has 1 saturated heterocycles. The summed E-state index contributed by atoms with van der Waals surface area (Å²) < 4.78 is 31.1. The van der Waals surface area contributed by atoms with Crippen LogP contribution in [-0.4, -0.2) is 52.9 Å². The van der Waals surface area contributed by atoms with E-state index in [1.165, 1.54) is 10.6 Å². The molecule has 0 aliphatic carbocycles. The smallest absolute Gasteiger partial charge is 0.251 e. The predicted molar refractivity (Wildman–Crippen MR) is 123 cm³/mol. The topological polar surface area (TPSA) is 79.0 Å². The van der Waals surface area contributed by atoms with Crippen LogP contribution in [0, 0.1) is 0 Å². The molecule has 1 amide bonds. The summed E-state index contributed by atoms with van der Waals surface area (Å²) in [5, 5.41) is 3.74. The lowest BCUT2D eigenvalue weighted by Crippen LogP contribution is -2.37. The summed E-state index contributed by atoms with van der Waals surface area (Å²) in [5.41, 5.74) is 2.99. The van der Waals surface area contributed by atoms with E-state index in [0.717, 1.165) is 30.0 Å². The molecule has 0 bridgehead atoms. The molecule has 166 valence electrons. The second kappa shape index (κ2) is 8.24. The maximum atomic E-state index is 12.9. The predicted octanol–water partition coefficient (Wildman–Crippen LogP) is 3.07. The quantitative estimate of drug-likeness (QED) is 0.737. The van der Waals surface area contributed by atoms with E-state index in [4.69, 9.17) is 16.3 Å². The van der Waals surface area contributed by atoms with Crippen LogP contribution in [0.3, 0.4) is 0 Å². The second-order valence-corrected chi connectivity index (χ2v) is 10.5. The van der Waals surface area contributed by atoms with Gasteiger partial charge in [0.2, 0.25) is 10.0 Å². The summed E-state index contributed by atoms with van der Waals surface area (Å²) in [4.78, 5) is 15.0. The number of benzene rings is 2. The molecule has 2 aliphatic rings. The largest absolute Gasteiger partial charge is 0.495 e. The molecule has 0 saturated carbocycles. The lowest BCUT2D eigenvalue weighted by Gasteiger charge is -2.22. The Balaban J connectivity index is 1.46. The van der Waals surface area contributed by atoms with Gasteiger partial charge in [-0.05, 0) is 61.7 Å². The van der Waals surface area contributed by atoms with Gasteiger partial charge in [0.1, 0.15) is 5.75 Å². The van der Waals surface area contributed by atoms with Crippen molar-refractivity contribution < 1.29 is 17.9 Å². The van der Waals surface area contributed by atoms with Gasteiger partial charge >= 0.3 is 0 Å². The van der Waals surface area contributed by atoms with Crippen molar-refractivity contribution in [2.45, 2.75) is 31.8 Å². The molecule has 7 nitrogen and oxygen atoms in total. The fraction of sp³-hybridized carbons (Fsp3) is 0.409. The standard InChI is InChI=1S/C22H26ClN3O4S/c1-14-10-16-11-15(4-6-19(16)26(14)31(3,28)29)22(27)24-18-8-9-25(13-18)20-12-17(23)5-7-21(20)30-2/h4-7,11-12,14,18H,8-10,13H2,1-3H3,(H,24,27). The van der Waals surface area contributed by atoms with Crippen molar-refractivity contribution in [3.63, 3.8) is 0 Å². The monoisotopic (exact) mass is 463 g/mol. The highest BCUT2D eigenvalue weighted by atomic mass is 35.5. The number of sulfonamides is 1. The SMILES string of the molecule is COc1ccc(Cl)cc1N1CCC(NC(=O)c2ccc3c(c2)CC(C)N3S(C)(=O)=O)C1. The van der Waals surface area contributed by atoms with E-state index in [1.807, 2.05) is 19.1 Å². The first-order valence-electron chi connectivity index (χ1n) is 10.2. The normalized spacial score (nSPS) is 20.6. The maximum absolute atomic E-state index is 12.9. The van der Waals surface area contributed by atoms with E-state index in [-0.39, 0.29) is 18.0 Å². The van der Waals surface area contributed by atoms with E-state index in [1.54, 1.807) is 31.4 Å². The van der Waals surface area contributed by atoms with Crippen LogP contribution in [0.5, 0.6) is 5.75 Å². The molecule has 1 N–H and O–H groups in total. The first-order chi connectivity index (χ1) is 14.7. The van der Waals surface area contributed by atoms with Crippen LogP contribution in [0.2, 0.25) is 5.02 Å². The van der Waals surface area contributed by atoms with Gasteiger partial charge in [-0.15, -0.1) is 0 Å². The minimum Gasteiger partial charge on any atom is -0.495 e. The van der Waals surface area contributed by atoms with Crippen LogP contribution in [0.4, 0.5) is 11.4 Å².